The molecule has 0 bridgehead atoms. The van der Waals surface area contributed by atoms with Crippen LogP contribution >= 0.6 is 0 Å². The number of benzene rings is 2. The van der Waals surface area contributed by atoms with Gasteiger partial charge in [-0.05, 0) is 24.3 Å². The summed E-state index contributed by atoms with van der Waals surface area (Å²) in [5.74, 6) is -1.55. The van der Waals surface area contributed by atoms with Gasteiger partial charge in [0.05, 0.1) is 17.7 Å². The largest absolute Gasteiger partial charge is 0.459 e. The minimum Gasteiger partial charge on any atom is -0.459 e. The normalized spacial score (nSPS) is 34.7. The van der Waals surface area contributed by atoms with Crippen molar-refractivity contribution in [3.8, 4) is 0 Å². The number of carbonyl (C=O) groups excluding carboxylic acids is 2. The van der Waals surface area contributed by atoms with Gasteiger partial charge < -0.3 is 54.3 Å². The van der Waals surface area contributed by atoms with E-state index < -0.39 is 86.6 Å². The topological polar surface area (TPSA) is 202 Å². The van der Waals surface area contributed by atoms with E-state index >= 15 is 0 Å². The Bertz CT molecular complexity index is 1080. The number of aliphatic hydroxyl groups is 6. The molecule has 6 N–H and O–H groups in total. The molecule has 0 amide bonds. The number of carbonyl (C=O) groups is 2. The van der Waals surface area contributed by atoms with E-state index in [1.807, 2.05) is 0 Å². The van der Waals surface area contributed by atoms with Crippen molar-refractivity contribution in [2.75, 3.05) is 13.2 Å². The van der Waals surface area contributed by atoms with Crippen molar-refractivity contribution in [1.82, 2.24) is 0 Å². The van der Waals surface area contributed by atoms with Crippen LogP contribution in [0.25, 0.3) is 0 Å². The first-order valence-electron chi connectivity index (χ1n) is 12.2. The first-order valence-corrected chi connectivity index (χ1v) is 12.2. The Balaban J connectivity index is 1.36. The number of aliphatic hydroxyl groups excluding tert-OH is 6. The van der Waals surface area contributed by atoms with Crippen LogP contribution in [-0.2, 0) is 23.7 Å². The third kappa shape index (κ3) is 6.78. The lowest BCUT2D eigenvalue weighted by Crippen LogP contribution is -2.62. The van der Waals surface area contributed by atoms with Gasteiger partial charge in [0.1, 0.15) is 55.4 Å². The Morgan fingerprint density at radius 2 is 1.05 bits per heavy atom. The highest BCUT2D eigenvalue weighted by Gasteiger charge is 2.48. The summed E-state index contributed by atoms with van der Waals surface area (Å²) in [6.07, 6.45) is -16.3. The van der Waals surface area contributed by atoms with Crippen molar-refractivity contribution in [3.63, 3.8) is 0 Å². The second-order valence-electron chi connectivity index (χ2n) is 9.10. The molecule has 0 spiro atoms. The first kappa shape index (κ1) is 29.0. The number of rotatable bonds is 8. The molecule has 2 saturated heterocycles. The average Bonchev–Trinajstić information content (AvgIpc) is 2.96. The summed E-state index contributed by atoms with van der Waals surface area (Å²) in [4.78, 5) is 24.6. The minimum absolute atomic E-state index is 0.159. The van der Waals surface area contributed by atoms with Crippen molar-refractivity contribution in [2.24, 2.45) is 0 Å². The molecule has 2 heterocycles. The van der Waals surface area contributed by atoms with Gasteiger partial charge in [-0.2, -0.15) is 0 Å². The molecule has 10 atom stereocenters. The molecule has 212 valence electrons. The molecule has 0 aliphatic carbocycles. The summed E-state index contributed by atoms with van der Waals surface area (Å²) in [6.45, 7) is -1.05. The average molecular weight is 551 g/mol. The monoisotopic (exact) mass is 550 g/mol. The van der Waals surface area contributed by atoms with Crippen LogP contribution in [-0.4, -0.2) is 117 Å². The molecule has 13 heteroatoms. The van der Waals surface area contributed by atoms with Crippen LogP contribution in [0.2, 0.25) is 0 Å². The smallest absolute Gasteiger partial charge is 0.340 e. The molecule has 2 aliphatic heterocycles. The van der Waals surface area contributed by atoms with E-state index in [9.17, 15) is 40.2 Å². The maximum Gasteiger partial charge on any atom is 0.340 e. The SMILES string of the molecule is O=C(OC[C@H]1O[C@@H](OC[C@H]2O[C@@H](OC(=O)c3ccccc3)[C@H](O)[C@@H](O)[C@@H]2O)[C@H](O)[C@@H](O)[C@@H]1O)c1ccccc1. The molecule has 0 radical (unpaired) electrons. The molecule has 0 unspecified atom stereocenters. The molecule has 2 aromatic carbocycles. The molecule has 13 nitrogen and oxygen atoms in total. The molecule has 2 aliphatic rings. The van der Waals surface area contributed by atoms with Crippen molar-refractivity contribution in [2.45, 2.75) is 61.4 Å². The standard InChI is InChI=1S/C26H30O13/c27-17-15(11-35-23(33)13-7-3-1-4-8-13)37-25(21(31)19(17)29)36-12-16-18(28)20(30)22(32)26(38-16)39-24(34)14-9-5-2-6-10-14/h1-10,15-22,25-32H,11-12H2/t15-,16-,17-,18-,19+,20+,21-,22-,25-,26+/m1/s1. The Kier molecular flexibility index (Phi) is 9.61. The Hall–Kier alpha value is -2.98. The van der Waals surface area contributed by atoms with Crippen molar-refractivity contribution in [1.29, 1.82) is 0 Å². The number of hydrogen-bond donors (Lipinski definition) is 6. The van der Waals surface area contributed by atoms with Crippen LogP contribution in [0.5, 0.6) is 0 Å². The van der Waals surface area contributed by atoms with Crippen LogP contribution in [0, 0.1) is 0 Å². The van der Waals surface area contributed by atoms with Crippen molar-refractivity contribution < 1.29 is 63.9 Å². The van der Waals surface area contributed by atoms with Crippen molar-refractivity contribution >= 4 is 11.9 Å². The molecular weight excluding hydrogens is 520 g/mol. The fourth-order valence-electron chi connectivity index (χ4n) is 4.10. The summed E-state index contributed by atoms with van der Waals surface area (Å²) in [5.41, 5.74) is 0.412. The van der Waals surface area contributed by atoms with Gasteiger partial charge in [0.15, 0.2) is 6.29 Å². The lowest BCUT2D eigenvalue weighted by molar-refractivity contribution is -0.325. The maximum atomic E-state index is 12.4. The maximum absolute atomic E-state index is 12.4. The quantitative estimate of drug-likeness (QED) is 0.204. The van der Waals surface area contributed by atoms with E-state index in [1.165, 1.54) is 24.3 Å². The third-order valence-corrected chi connectivity index (χ3v) is 6.38. The lowest BCUT2D eigenvalue weighted by Gasteiger charge is -2.42. The summed E-state index contributed by atoms with van der Waals surface area (Å²) in [5, 5.41) is 61.8. The number of hydrogen-bond acceptors (Lipinski definition) is 13. The van der Waals surface area contributed by atoms with E-state index in [1.54, 1.807) is 36.4 Å². The fraction of sp³-hybridized carbons (Fsp3) is 0.462. The molecule has 2 fully saturated rings. The molecule has 0 aromatic heterocycles. The zero-order valence-electron chi connectivity index (χ0n) is 20.5. The molecular formula is C26H30O13. The number of ether oxygens (including phenoxy) is 5. The van der Waals surface area contributed by atoms with Crippen LogP contribution in [0.3, 0.4) is 0 Å². The van der Waals surface area contributed by atoms with E-state index in [0.29, 0.717) is 0 Å². The molecule has 2 aromatic rings. The predicted octanol–water partition coefficient (Wildman–Crippen LogP) is -1.67. The molecule has 0 saturated carbocycles. The van der Waals surface area contributed by atoms with Gasteiger partial charge in [0.25, 0.3) is 0 Å². The second kappa shape index (κ2) is 12.9. The predicted molar refractivity (Wildman–Crippen MR) is 128 cm³/mol. The molecule has 39 heavy (non-hydrogen) atoms. The zero-order valence-corrected chi connectivity index (χ0v) is 20.5. The highest BCUT2D eigenvalue weighted by atomic mass is 16.7. The van der Waals surface area contributed by atoms with E-state index in [4.69, 9.17) is 23.7 Å². The zero-order chi connectivity index (χ0) is 28.1. The first-order chi connectivity index (χ1) is 18.7. The summed E-state index contributed by atoms with van der Waals surface area (Å²) < 4.78 is 26.7. The van der Waals surface area contributed by atoms with Crippen LogP contribution < -0.4 is 0 Å². The van der Waals surface area contributed by atoms with Gasteiger partial charge in [-0.25, -0.2) is 9.59 Å². The highest BCUT2D eigenvalue weighted by molar-refractivity contribution is 5.89. The third-order valence-electron chi connectivity index (χ3n) is 6.38. The van der Waals surface area contributed by atoms with Crippen LogP contribution in [0.15, 0.2) is 60.7 Å². The Labute approximate surface area is 222 Å². The van der Waals surface area contributed by atoms with E-state index in [0.717, 1.165) is 0 Å². The van der Waals surface area contributed by atoms with E-state index in [2.05, 4.69) is 0 Å². The van der Waals surface area contributed by atoms with Crippen LogP contribution in [0.4, 0.5) is 0 Å². The number of esters is 2. The van der Waals surface area contributed by atoms with Crippen molar-refractivity contribution in [3.05, 3.63) is 71.8 Å². The lowest BCUT2D eigenvalue weighted by atomic mass is 9.98. The van der Waals surface area contributed by atoms with Crippen LogP contribution in [0.1, 0.15) is 20.7 Å². The van der Waals surface area contributed by atoms with Gasteiger partial charge in [-0.1, -0.05) is 36.4 Å². The molecule has 4 rings (SSSR count). The van der Waals surface area contributed by atoms with Gasteiger partial charge in [-0.15, -0.1) is 0 Å². The summed E-state index contributed by atoms with van der Waals surface area (Å²) in [7, 11) is 0. The minimum atomic E-state index is -1.78. The van der Waals surface area contributed by atoms with Gasteiger partial charge in [0, 0.05) is 0 Å². The van der Waals surface area contributed by atoms with Gasteiger partial charge in [0.2, 0.25) is 6.29 Å². The fourth-order valence-corrected chi connectivity index (χ4v) is 4.10. The van der Waals surface area contributed by atoms with Gasteiger partial charge in [-0.3, -0.25) is 0 Å². The van der Waals surface area contributed by atoms with Gasteiger partial charge >= 0.3 is 11.9 Å². The Morgan fingerprint density at radius 1 is 0.590 bits per heavy atom. The summed E-state index contributed by atoms with van der Waals surface area (Å²) in [6, 6.07) is 15.9. The second-order valence-corrected chi connectivity index (χ2v) is 9.10. The van der Waals surface area contributed by atoms with E-state index in [-0.39, 0.29) is 11.1 Å². The summed E-state index contributed by atoms with van der Waals surface area (Å²) >= 11 is 0. The highest BCUT2D eigenvalue weighted by Crippen LogP contribution is 2.27. The Morgan fingerprint density at radius 3 is 1.62 bits per heavy atom.